The zero-order valence-corrected chi connectivity index (χ0v) is 14.1. The van der Waals surface area contributed by atoms with Crippen molar-refractivity contribution < 1.29 is 14.6 Å². The monoisotopic (exact) mass is 355 g/mol. The maximum absolute atomic E-state index is 12.3. The molecular formula is C16H22BrNO3. The van der Waals surface area contributed by atoms with Crippen LogP contribution in [-0.4, -0.2) is 30.3 Å². The van der Waals surface area contributed by atoms with Crippen molar-refractivity contribution in [3.63, 3.8) is 0 Å². The minimum absolute atomic E-state index is 0.216. The number of carbonyl (C=O) groups is 1. The van der Waals surface area contributed by atoms with Crippen LogP contribution in [0.1, 0.15) is 43.0 Å². The molecule has 1 aromatic rings. The van der Waals surface area contributed by atoms with Crippen molar-refractivity contribution in [2.24, 2.45) is 5.92 Å². The first kappa shape index (κ1) is 16.3. The van der Waals surface area contributed by atoms with Crippen molar-refractivity contribution in [1.82, 2.24) is 5.32 Å². The van der Waals surface area contributed by atoms with Gasteiger partial charge in [-0.3, -0.25) is 4.79 Å². The number of ether oxygens (including phenoxy) is 1. The van der Waals surface area contributed by atoms with Crippen LogP contribution in [0.4, 0.5) is 0 Å². The Morgan fingerprint density at radius 3 is 2.76 bits per heavy atom. The predicted octanol–water partition coefficient (Wildman–Crippen LogP) is 3.13. The number of aliphatic hydroxyl groups is 1. The second-order valence-electron chi connectivity index (χ2n) is 5.93. The van der Waals surface area contributed by atoms with Gasteiger partial charge in [-0.05, 0) is 49.8 Å². The third-order valence-electron chi connectivity index (χ3n) is 4.19. The summed E-state index contributed by atoms with van der Waals surface area (Å²) in [6.07, 6.45) is 3.50. The first-order chi connectivity index (χ1) is 9.93. The average Bonchev–Trinajstić information content (AvgIpc) is 2.48. The van der Waals surface area contributed by atoms with E-state index in [9.17, 15) is 9.90 Å². The highest BCUT2D eigenvalue weighted by molar-refractivity contribution is 9.10. The van der Waals surface area contributed by atoms with Crippen LogP contribution in [0.3, 0.4) is 0 Å². The number of hydrogen-bond acceptors (Lipinski definition) is 3. The summed E-state index contributed by atoms with van der Waals surface area (Å²) in [5, 5.41) is 13.3. The van der Waals surface area contributed by atoms with Gasteiger partial charge in [0.1, 0.15) is 5.75 Å². The van der Waals surface area contributed by atoms with Crippen molar-refractivity contribution >= 4 is 21.8 Å². The number of amides is 1. The summed E-state index contributed by atoms with van der Waals surface area (Å²) in [5.41, 5.74) is -0.293. The molecule has 1 aliphatic carbocycles. The van der Waals surface area contributed by atoms with Crippen LogP contribution in [0.15, 0.2) is 22.7 Å². The Hall–Kier alpha value is -1.07. The minimum Gasteiger partial charge on any atom is -0.496 e. The van der Waals surface area contributed by atoms with Crippen molar-refractivity contribution in [1.29, 1.82) is 0 Å². The molecule has 0 heterocycles. The molecule has 1 aliphatic rings. The quantitative estimate of drug-likeness (QED) is 0.872. The minimum atomic E-state index is -0.773. The molecule has 0 unspecified atom stereocenters. The Labute approximate surface area is 134 Å². The first-order valence-electron chi connectivity index (χ1n) is 7.28. The van der Waals surface area contributed by atoms with Crippen molar-refractivity contribution in [3.8, 4) is 5.75 Å². The summed E-state index contributed by atoms with van der Waals surface area (Å²) in [4.78, 5) is 12.3. The van der Waals surface area contributed by atoms with E-state index in [-0.39, 0.29) is 12.5 Å². The smallest absolute Gasteiger partial charge is 0.255 e. The molecule has 0 saturated heterocycles. The van der Waals surface area contributed by atoms with Gasteiger partial charge in [-0.1, -0.05) is 22.9 Å². The molecule has 2 rings (SSSR count). The van der Waals surface area contributed by atoms with Gasteiger partial charge in [-0.25, -0.2) is 0 Å². The van der Waals surface area contributed by atoms with Gasteiger partial charge in [0.2, 0.25) is 0 Å². The fraction of sp³-hybridized carbons (Fsp3) is 0.562. The fourth-order valence-corrected chi connectivity index (χ4v) is 3.01. The second kappa shape index (κ2) is 6.79. The normalized spacial score (nSPS) is 25.4. The predicted molar refractivity (Wildman–Crippen MR) is 85.6 cm³/mol. The molecule has 0 radical (unpaired) electrons. The van der Waals surface area contributed by atoms with Gasteiger partial charge >= 0.3 is 0 Å². The lowest BCUT2D eigenvalue weighted by Crippen LogP contribution is -2.45. The average molecular weight is 356 g/mol. The summed E-state index contributed by atoms with van der Waals surface area (Å²) in [7, 11) is 1.54. The summed E-state index contributed by atoms with van der Waals surface area (Å²) < 4.78 is 6.08. The fourth-order valence-electron chi connectivity index (χ4n) is 2.67. The molecule has 0 atom stereocenters. The summed E-state index contributed by atoms with van der Waals surface area (Å²) in [6, 6.07) is 5.27. The standard InChI is InChI=1S/C16H22BrNO3/c1-11-5-7-16(20,8-6-11)10-18-15(19)13-4-3-12(17)9-14(13)21-2/h3-4,9,11,20H,5-8,10H2,1-2H3,(H,18,19). The van der Waals surface area contributed by atoms with Crippen LogP contribution in [0, 0.1) is 5.92 Å². The van der Waals surface area contributed by atoms with Crippen LogP contribution in [0.2, 0.25) is 0 Å². The van der Waals surface area contributed by atoms with Crippen LogP contribution in [0.5, 0.6) is 5.75 Å². The van der Waals surface area contributed by atoms with Gasteiger partial charge in [-0.2, -0.15) is 0 Å². The largest absolute Gasteiger partial charge is 0.496 e. The molecule has 0 aromatic heterocycles. The van der Waals surface area contributed by atoms with E-state index >= 15 is 0 Å². The second-order valence-corrected chi connectivity index (χ2v) is 6.85. The Kier molecular flexibility index (Phi) is 5.27. The van der Waals surface area contributed by atoms with E-state index in [0.717, 1.165) is 30.2 Å². The van der Waals surface area contributed by atoms with E-state index < -0.39 is 5.60 Å². The molecule has 5 heteroatoms. The van der Waals surface area contributed by atoms with Gasteiger partial charge in [0, 0.05) is 11.0 Å². The SMILES string of the molecule is COc1cc(Br)ccc1C(=O)NCC1(O)CCC(C)CC1. The Bertz CT molecular complexity index is 510. The Morgan fingerprint density at radius 1 is 1.48 bits per heavy atom. The van der Waals surface area contributed by atoms with E-state index in [1.807, 2.05) is 0 Å². The zero-order chi connectivity index (χ0) is 15.5. The Morgan fingerprint density at radius 2 is 2.14 bits per heavy atom. The number of halogens is 1. The van der Waals surface area contributed by atoms with Gasteiger partial charge in [-0.15, -0.1) is 0 Å². The first-order valence-corrected chi connectivity index (χ1v) is 8.07. The highest BCUT2D eigenvalue weighted by Gasteiger charge is 2.32. The topological polar surface area (TPSA) is 58.6 Å². The lowest BCUT2D eigenvalue weighted by Gasteiger charge is -2.35. The van der Waals surface area contributed by atoms with Gasteiger partial charge < -0.3 is 15.2 Å². The molecule has 0 aliphatic heterocycles. The maximum Gasteiger partial charge on any atom is 0.255 e. The lowest BCUT2D eigenvalue weighted by molar-refractivity contribution is -0.00542. The van der Waals surface area contributed by atoms with E-state index in [0.29, 0.717) is 17.2 Å². The van der Waals surface area contributed by atoms with Crippen molar-refractivity contribution in [3.05, 3.63) is 28.2 Å². The Balaban J connectivity index is 1.99. The molecule has 2 N–H and O–H groups in total. The van der Waals surface area contributed by atoms with Gasteiger partial charge in [0.25, 0.3) is 5.91 Å². The van der Waals surface area contributed by atoms with Crippen LogP contribution in [0.25, 0.3) is 0 Å². The van der Waals surface area contributed by atoms with E-state index in [1.54, 1.807) is 18.2 Å². The molecule has 1 fully saturated rings. The molecular weight excluding hydrogens is 334 g/mol. The van der Waals surface area contributed by atoms with Crippen LogP contribution in [-0.2, 0) is 0 Å². The third-order valence-corrected chi connectivity index (χ3v) is 4.68. The van der Waals surface area contributed by atoms with E-state index in [4.69, 9.17) is 4.74 Å². The molecule has 4 nitrogen and oxygen atoms in total. The lowest BCUT2D eigenvalue weighted by atomic mass is 9.79. The van der Waals surface area contributed by atoms with E-state index in [2.05, 4.69) is 28.2 Å². The molecule has 0 spiro atoms. The van der Waals surface area contributed by atoms with E-state index in [1.165, 1.54) is 7.11 Å². The summed E-state index contributed by atoms with van der Waals surface area (Å²) in [6.45, 7) is 2.49. The molecule has 1 amide bonds. The highest BCUT2D eigenvalue weighted by atomic mass is 79.9. The van der Waals surface area contributed by atoms with Crippen molar-refractivity contribution in [2.75, 3.05) is 13.7 Å². The highest BCUT2D eigenvalue weighted by Crippen LogP contribution is 2.31. The number of rotatable bonds is 4. The molecule has 1 saturated carbocycles. The molecule has 116 valence electrons. The van der Waals surface area contributed by atoms with Crippen LogP contribution < -0.4 is 10.1 Å². The number of hydrogen-bond donors (Lipinski definition) is 2. The summed E-state index contributed by atoms with van der Waals surface area (Å²) in [5.74, 6) is 0.963. The number of benzene rings is 1. The zero-order valence-electron chi connectivity index (χ0n) is 12.5. The maximum atomic E-state index is 12.3. The molecule has 1 aromatic carbocycles. The van der Waals surface area contributed by atoms with Crippen LogP contribution >= 0.6 is 15.9 Å². The summed E-state index contributed by atoms with van der Waals surface area (Å²) >= 11 is 3.35. The van der Waals surface area contributed by atoms with Gasteiger partial charge in [0.15, 0.2) is 0 Å². The van der Waals surface area contributed by atoms with Crippen molar-refractivity contribution in [2.45, 2.75) is 38.2 Å². The molecule has 0 bridgehead atoms. The number of nitrogens with one attached hydrogen (secondary N) is 1. The van der Waals surface area contributed by atoms with Gasteiger partial charge in [0.05, 0.1) is 18.3 Å². The third kappa shape index (κ3) is 4.20. The number of methoxy groups -OCH3 is 1. The number of carbonyl (C=O) groups excluding carboxylic acids is 1. The molecule has 21 heavy (non-hydrogen) atoms.